The third-order valence-electron chi connectivity index (χ3n) is 3.32. The molecule has 0 aromatic rings. The number of carbonyl (C=O) groups is 1. The highest BCUT2D eigenvalue weighted by atomic mass is 28.4. The molecule has 0 saturated heterocycles. The van der Waals surface area contributed by atoms with Crippen LogP contribution in [0.1, 0.15) is 41.5 Å². The van der Waals surface area contributed by atoms with Crippen molar-refractivity contribution >= 4 is 14.5 Å². The van der Waals surface area contributed by atoms with Crippen molar-refractivity contribution in [1.29, 1.82) is 0 Å². The molecule has 0 aromatic carbocycles. The molecule has 5 heteroatoms. The summed E-state index contributed by atoms with van der Waals surface area (Å²) in [7, 11) is -1.79. The van der Waals surface area contributed by atoms with Gasteiger partial charge in [0.05, 0.1) is 13.2 Å². The molecule has 0 aromatic heterocycles. The molecule has 0 N–H and O–H groups in total. The second-order valence-corrected chi connectivity index (χ2v) is 11.8. The lowest BCUT2D eigenvalue weighted by atomic mass is 10.2. The highest BCUT2D eigenvalue weighted by Crippen LogP contribution is 2.36. The maximum atomic E-state index is 11.4. The minimum Gasteiger partial charge on any atom is -0.434 e. The van der Waals surface area contributed by atoms with Crippen molar-refractivity contribution in [2.45, 2.75) is 65.8 Å². The molecule has 0 radical (unpaired) electrons. The smallest absolute Gasteiger partial charge is 0.434 e. The molecule has 0 heterocycles. The van der Waals surface area contributed by atoms with Crippen LogP contribution in [0.3, 0.4) is 0 Å². The van der Waals surface area contributed by atoms with E-state index in [1.54, 1.807) is 0 Å². The Balaban J connectivity index is 4.06. The highest BCUT2D eigenvalue weighted by molar-refractivity contribution is 6.74. The Hall–Kier alpha value is -0.553. The van der Waals surface area contributed by atoms with Gasteiger partial charge in [0.1, 0.15) is 6.10 Å². The average Bonchev–Trinajstić information content (AvgIpc) is 2.22. The molecular weight excluding hydrogens is 260 g/mol. The average molecular weight is 290 g/mol. The number of ether oxygens (including phenoxy) is 2. The van der Waals surface area contributed by atoms with Crippen LogP contribution in [0.15, 0.2) is 0 Å². The SMILES string of the molecule is CC(C)COC(=O)OC(C)CO[Si](C)(C)C(C)(C)C. The molecule has 0 fully saturated rings. The molecule has 0 aliphatic heterocycles. The number of carbonyl (C=O) groups excluding carboxylic acids is 1. The van der Waals surface area contributed by atoms with Crippen molar-refractivity contribution in [2.75, 3.05) is 13.2 Å². The largest absolute Gasteiger partial charge is 0.508 e. The van der Waals surface area contributed by atoms with Crippen LogP contribution in [0.4, 0.5) is 4.79 Å². The first kappa shape index (κ1) is 18.4. The van der Waals surface area contributed by atoms with E-state index in [2.05, 4.69) is 33.9 Å². The Kier molecular flexibility index (Phi) is 7.08. The summed E-state index contributed by atoms with van der Waals surface area (Å²) < 4.78 is 16.1. The first-order chi connectivity index (χ1) is 8.45. The van der Waals surface area contributed by atoms with Gasteiger partial charge in [-0.1, -0.05) is 34.6 Å². The van der Waals surface area contributed by atoms with E-state index in [9.17, 15) is 4.79 Å². The van der Waals surface area contributed by atoms with Crippen molar-refractivity contribution in [1.82, 2.24) is 0 Å². The first-order valence-electron chi connectivity index (χ1n) is 6.93. The molecule has 0 aliphatic carbocycles. The topological polar surface area (TPSA) is 44.8 Å². The van der Waals surface area contributed by atoms with E-state index < -0.39 is 14.5 Å². The zero-order chi connectivity index (χ0) is 15.3. The van der Waals surface area contributed by atoms with E-state index in [4.69, 9.17) is 13.9 Å². The fraction of sp³-hybridized carbons (Fsp3) is 0.929. The summed E-state index contributed by atoms with van der Waals surface area (Å²) in [4.78, 5) is 11.4. The number of hydrogen-bond donors (Lipinski definition) is 0. The Morgan fingerprint density at radius 1 is 1.11 bits per heavy atom. The number of rotatable bonds is 6. The molecule has 19 heavy (non-hydrogen) atoms. The van der Waals surface area contributed by atoms with Gasteiger partial charge in [0, 0.05) is 0 Å². The van der Waals surface area contributed by atoms with E-state index in [1.807, 2.05) is 20.8 Å². The predicted molar refractivity (Wildman–Crippen MR) is 79.9 cm³/mol. The third-order valence-corrected chi connectivity index (χ3v) is 7.82. The van der Waals surface area contributed by atoms with Gasteiger partial charge in [-0.25, -0.2) is 4.79 Å². The van der Waals surface area contributed by atoms with Gasteiger partial charge in [-0.15, -0.1) is 0 Å². The summed E-state index contributed by atoms with van der Waals surface area (Å²) in [5, 5.41) is 0.158. The molecular formula is C14H30O4Si. The van der Waals surface area contributed by atoms with Crippen LogP contribution in [-0.2, 0) is 13.9 Å². The van der Waals surface area contributed by atoms with Gasteiger partial charge < -0.3 is 13.9 Å². The molecule has 114 valence electrons. The quantitative estimate of drug-likeness (QED) is 0.543. The number of hydrogen-bond acceptors (Lipinski definition) is 4. The molecule has 0 bridgehead atoms. The summed E-state index contributed by atoms with van der Waals surface area (Å²) in [6.07, 6.45) is -0.895. The lowest BCUT2D eigenvalue weighted by Crippen LogP contribution is -2.42. The fourth-order valence-corrected chi connectivity index (χ4v) is 2.09. The second kappa shape index (κ2) is 7.29. The Morgan fingerprint density at radius 2 is 1.63 bits per heavy atom. The van der Waals surface area contributed by atoms with Crippen LogP contribution >= 0.6 is 0 Å². The Morgan fingerprint density at radius 3 is 2.05 bits per heavy atom. The zero-order valence-electron chi connectivity index (χ0n) is 13.7. The molecule has 0 spiro atoms. The normalized spacial score (nSPS) is 14.4. The standard InChI is InChI=1S/C14H30O4Si/c1-11(2)9-16-13(15)18-12(3)10-17-19(7,8)14(4,5)6/h11-12H,9-10H2,1-8H3. The molecule has 0 amide bonds. The van der Waals surface area contributed by atoms with Gasteiger partial charge >= 0.3 is 6.16 Å². The van der Waals surface area contributed by atoms with E-state index in [0.717, 1.165) is 0 Å². The van der Waals surface area contributed by atoms with Gasteiger partial charge in [0.15, 0.2) is 8.32 Å². The second-order valence-electron chi connectivity index (χ2n) is 6.95. The van der Waals surface area contributed by atoms with E-state index in [-0.39, 0.29) is 11.1 Å². The van der Waals surface area contributed by atoms with E-state index in [0.29, 0.717) is 19.1 Å². The van der Waals surface area contributed by atoms with E-state index >= 15 is 0 Å². The minimum absolute atomic E-state index is 0.158. The minimum atomic E-state index is -1.79. The maximum Gasteiger partial charge on any atom is 0.508 e. The summed E-state index contributed by atoms with van der Waals surface area (Å²) in [5.41, 5.74) is 0. The lowest BCUT2D eigenvalue weighted by molar-refractivity contribution is 0.00715. The molecule has 0 rings (SSSR count). The van der Waals surface area contributed by atoms with Crippen LogP contribution in [0, 0.1) is 5.92 Å². The Bertz CT molecular complexity index is 282. The molecule has 0 saturated carbocycles. The fourth-order valence-electron chi connectivity index (χ4n) is 1.01. The predicted octanol–water partition coefficient (Wildman–Crippen LogP) is 4.21. The zero-order valence-corrected chi connectivity index (χ0v) is 14.7. The van der Waals surface area contributed by atoms with Crippen LogP contribution in [-0.4, -0.2) is 33.8 Å². The monoisotopic (exact) mass is 290 g/mol. The lowest BCUT2D eigenvalue weighted by Gasteiger charge is -2.36. The van der Waals surface area contributed by atoms with E-state index in [1.165, 1.54) is 0 Å². The van der Waals surface area contributed by atoms with Gasteiger partial charge in [0.25, 0.3) is 0 Å². The van der Waals surface area contributed by atoms with Crippen LogP contribution in [0.2, 0.25) is 18.1 Å². The van der Waals surface area contributed by atoms with Gasteiger partial charge in [-0.05, 0) is 31.0 Å². The first-order valence-corrected chi connectivity index (χ1v) is 9.84. The summed E-state index contributed by atoms with van der Waals surface area (Å²) in [6.45, 7) is 17.5. The van der Waals surface area contributed by atoms with Crippen LogP contribution in [0.25, 0.3) is 0 Å². The van der Waals surface area contributed by atoms with Gasteiger partial charge in [0.2, 0.25) is 0 Å². The van der Waals surface area contributed by atoms with Crippen LogP contribution < -0.4 is 0 Å². The van der Waals surface area contributed by atoms with Crippen molar-refractivity contribution < 1.29 is 18.7 Å². The summed E-state index contributed by atoms with van der Waals surface area (Å²) in [6, 6.07) is 0. The van der Waals surface area contributed by atoms with Crippen molar-refractivity contribution in [3.63, 3.8) is 0 Å². The maximum absolute atomic E-state index is 11.4. The molecule has 0 aliphatic rings. The Labute approximate surface area is 118 Å². The molecule has 1 atom stereocenters. The molecule has 1 unspecified atom stereocenters. The third kappa shape index (κ3) is 7.57. The molecule has 4 nitrogen and oxygen atoms in total. The van der Waals surface area contributed by atoms with Gasteiger partial charge in [-0.2, -0.15) is 0 Å². The van der Waals surface area contributed by atoms with Crippen LogP contribution in [0.5, 0.6) is 0 Å². The summed E-state index contributed by atoms with van der Waals surface area (Å²) in [5.74, 6) is 0.311. The van der Waals surface area contributed by atoms with Crippen molar-refractivity contribution in [3.8, 4) is 0 Å². The summed E-state index contributed by atoms with van der Waals surface area (Å²) >= 11 is 0. The van der Waals surface area contributed by atoms with Gasteiger partial charge in [-0.3, -0.25) is 0 Å². The van der Waals surface area contributed by atoms with Crippen molar-refractivity contribution in [3.05, 3.63) is 0 Å². The van der Waals surface area contributed by atoms with Crippen molar-refractivity contribution in [2.24, 2.45) is 5.92 Å². The highest BCUT2D eigenvalue weighted by Gasteiger charge is 2.37.